The Morgan fingerprint density at radius 3 is 3.00 bits per heavy atom. The van der Waals surface area contributed by atoms with Crippen LogP contribution in [0.25, 0.3) is 0 Å². The maximum absolute atomic E-state index is 3.69. The van der Waals surface area contributed by atoms with Crippen molar-refractivity contribution in [3.8, 4) is 0 Å². The van der Waals surface area contributed by atoms with Crippen molar-refractivity contribution in [1.82, 2.24) is 0 Å². The van der Waals surface area contributed by atoms with Gasteiger partial charge in [0.15, 0.2) is 0 Å². The second kappa shape index (κ2) is 4.10. The summed E-state index contributed by atoms with van der Waals surface area (Å²) in [6.45, 7) is 3.69. The molecule has 1 aliphatic carbocycles. The van der Waals surface area contributed by atoms with Crippen LogP contribution in [-0.2, 0) is 0 Å². The molecule has 0 N–H and O–H groups in total. The van der Waals surface area contributed by atoms with Crippen LogP contribution in [0.2, 0.25) is 0 Å². The lowest BCUT2D eigenvalue weighted by molar-refractivity contribution is 0.943. The molecule has 1 rings (SSSR count). The van der Waals surface area contributed by atoms with Gasteiger partial charge in [-0.1, -0.05) is 29.9 Å². The van der Waals surface area contributed by atoms with E-state index in [9.17, 15) is 0 Å². The van der Waals surface area contributed by atoms with E-state index in [4.69, 9.17) is 0 Å². The minimum Gasteiger partial charge on any atom is -0.103 e. The molecule has 0 aromatic rings. The van der Waals surface area contributed by atoms with Crippen LogP contribution >= 0.6 is 0 Å². The van der Waals surface area contributed by atoms with Crippen molar-refractivity contribution in [3.05, 3.63) is 36.5 Å². The van der Waals surface area contributed by atoms with E-state index in [-0.39, 0.29) is 0 Å². The molecule has 0 fully saturated rings. The highest BCUT2D eigenvalue weighted by molar-refractivity contribution is 5.22. The van der Waals surface area contributed by atoms with Crippen LogP contribution in [0.5, 0.6) is 0 Å². The zero-order chi connectivity index (χ0) is 7.23. The minimum absolute atomic E-state index is 1.11. The summed E-state index contributed by atoms with van der Waals surface area (Å²) < 4.78 is 0. The third kappa shape index (κ3) is 2.22. The SMILES string of the molecule is C=CCCC1=CCCC=C1. The van der Waals surface area contributed by atoms with Gasteiger partial charge >= 0.3 is 0 Å². The number of allylic oxidation sites excluding steroid dienone is 5. The molecule has 0 bridgehead atoms. The highest BCUT2D eigenvalue weighted by Crippen LogP contribution is 2.14. The van der Waals surface area contributed by atoms with Crippen molar-refractivity contribution >= 4 is 0 Å². The number of hydrogen-bond acceptors (Lipinski definition) is 0. The summed E-state index contributed by atoms with van der Waals surface area (Å²) in [4.78, 5) is 0. The fourth-order valence-corrected chi connectivity index (χ4v) is 1.12. The van der Waals surface area contributed by atoms with E-state index in [1.54, 1.807) is 0 Å². The monoisotopic (exact) mass is 134 g/mol. The Morgan fingerprint density at radius 1 is 1.50 bits per heavy atom. The Kier molecular flexibility index (Phi) is 3.01. The fraction of sp³-hybridized carbons (Fsp3) is 0.400. The topological polar surface area (TPSA) is 0 Å². The standard InChI is InChI=1S/C10H14/c1-2-3-7-10-8-5-4-6-9-10/h2,5,8-9H,1,3-4,6-7H2. The summed E-state index contributed by atoms with van der Waals surface area (Å²) in [5.74, 6) is 0. The van der Waals surface area contributed by atoms with E-state index in [0.29, 0.717) is 0 Å². The molecule has 0 heterocycles. The predicted octanol–water partition coefficient (Wildman–Crippen LogP) is 3.23. The smallest absolute Gasteiger partial charge is 0.0248 e. The van der Waals surface area contributed by atoms with Crippen molar-refractivity contribution in [1.29, 1.82) is 0 Å². The predicted molar refractivity (Wildman–Crippen MR) is 45.9 cm³/mol. The quantitative estimate of drug-likeness (QED) is 0.520. The molecule has 0 saturated carbocycles. The van der Waals surface area contributed by atoms with Crippen LogP contribution in [0.4, 0.5) is 0 Å². The van der Waals surface area contributed by atoms with Gasteiger partial charge in [0.1, 0.15) is 0 Å². The van der Waals surface area contributed by atoms with Crippen molar-refractivity contribution < 1.29 is 0 Å². The maximum Gasteiger partial charge on any atom is -0.0248 e. The number of hydrogen-bond donors (Lipinski definition) is 0. The van der Waals surface area contributed by atoms with E-state index in [1.165, 1.54) is 24.8 Å². The third-order valence-electron chi connectivity index (χ3n) is 1.71. The summed E-state index contributed by atoms with van der Waals surface area (Å²) in [5, 5.41) is 0. The third-order valence-corrected chi connectivity index (χ3v) is 1.71. The van der Waals surface area contributed by atoms with Crippen LogP contribution < -0.4 is 0 Å². The molecule has 0 radical (unpaired) electrons. The summed E-state index contributed by atoms with van der Waals surface area (Å²) in [5.41, 5.74) is 1.48. The summed E-state index contributed by atoms with van der Waals surface area (Å²) >= 11 is 0. The molecule has 0 unspecified atom stereocenters. The molecule has 0 aliphatic heterocycles. The van der Waals surface area contributed by atoms with Gasteiger partial charge in [-0.15, -0.1) is 6.58 Å². The van der Waals surface area contributed by atoms with Gasteiger partial charge < -0.3 is 0 Å². The van der Waals surface area contributed by atoms with Crippen molar-refractivity contribution in [2.24, 2.45) is 0 Å². The van der Waals surface area contributed by atoms with Crippen molar-refractivity contribution in [2.45, 2.75) is 25.7 Å². The Morgan fingerprint density at radius 2 is 2.40 bits per heavy atom. The highest BCUT2D eigenvalue weighted by atomic mass is 14.0. The Balaban J connectivity index is 2.32. The van der Waals surface area contributed by atoms with Crippen LogP contribution in [0.15, 0.2) is 36.5 Å². The van der Waals surface area contributed by atoms with Crippen molar-refractivity contribution in [2.75, 3.05) is 0 Å². The second-order valence-corrected chi connectivity index (χ2v) is 2.59. The van der Waals surface area contributed by atoms with Gasteiger partial charge in [-0.25, -0.2) is 0 Å². The van der Waals surface area contributed by atoms with Gasteiger partial charge in [0, 0.05) is 0 Å². The van der Waals surface area contributed by atoms with Gasteiger partial charge in [0.2, 0.25) is 0 Å². The maximum atomic E-state index is 3.69. The molecule has 0 amide bonds. The average Bonchev–Trinajstić information content (AvgIpc) is 2.03. The Bertz CT molecular complexity index is 161. The van der Waals surface area contributed by atoms with Gasteiger partial charge in [-0.05, 0) is 25.7 Å². The lowest BCUT2D eigenvalue weighted by atomic mass is 10.0. The minimum atomic E-state index is 1.11. The highest BCUT2D eigenvalue weighted by Gasteiger charge is 1.94. The van der Waals surface area contributed by atoms with E-state index in [0.717, 1.165) is 6.42 Å². The first kappa shape index (κ1) is 7.33. The first-order valence-corrected chi connectivity index (χ1v) is 3.90. The van der Waals surface area contributed by atoms with Gasteiger partial charge in [-0.2, -0.15) is 0 Å². The van der Waals surface area contributed by atoms with E-state index >= 15 is 0 Å². The molecule has 10 heavy (non-hydrogen) atoms. The molecule has 1 aliphatic rings. The van der Waals surface area contributed by atoms with Gasteiger partial charge in [0.05, 0.1) is 0 Å². The molecule has 54 valence electrons. The Hall–Kier alpha value is -0.780. The molecule has 0 nitrogen and oxygen atoms in total. The molecular formula is C10H14. The summed E-state index contributed by atoms with van der Waals surface area (Å²) in [6, 6.07) is 0. The first-order valence-electron chi connectivity index (χ1n) is 3.90. The van der Waals surface area contributed by atoms with Gasteiger partial charge in [-0.3, -0.25) is 0 Å². The first-order chi connectivity index (χ1) is 4.93. The lowest BCUT2D eigenvalue weighted by Crippen LogP contribution is -1.83. The molecule has 0 spiro atoms. The largest absolute Gasteiger partial charge is 0.103 e. The van der Waals surface area contributed by atoms with E-state index in [1.807, 2.05) is 6.08 Å². The summed E-state index contributed by atoms with van der Waals surface area (Å²) in [6.07, 6.45) is 13.5. The Labute approximate surface area is 62.9 Å². The zero-order valence-electron chi connectivity index (χ0n) is 6.34. The molecule has 0 heteroatoms. The fourth-order valence-electron chi connectivity index (χ4n) is 1.12. The number of rotatable bonds is 3. The van der Waals surface area contributed by atoms with Gasteiger partial charge in [0.25, 0.3) is 0 Å². The normalized spacial score (nSPS) is 16.6. The van der Waals surface area contributed by atoms with Crippen LogP contribution in [0.1, 0.15) is 25.7 Å². The average molecular weight is 134 g/mol. The molecule has 0 saturated heterocycles. The molecule has 0 aromatic heterocycles. The van der Waals surface area contributed by atoms with Crippen LogP contribution in [-0.4, -0.2) is 0 Å². The second-order valence-electron chi connectivity index (χ2n) is 2.59. The lowest BCUT2D eigenvalue weighted by Gasteiger charge is -2.03. The summed E-state index contributed by atoms with van der Waals surface area (Å²) in [7, 11) is 0. The van der Waals surface area contributed by atoms with E-state index in [2.05, 4.69) is 24.8 Å². The van der Waals surface area contributed by atoms with Crippen LogP contribution in [0, 0.1) is 0 Å². The van der Waals surface area contributed by atoms with E-state index < -0.39 is 0 Å². The molecule has 0 aromatic carbocycles. The van der Waals surface area contributed by atoms with Crippen LogP contribution in [0.3, 0.4) is 0 Å². The molecule has 0 atom stereocenters. The molecular weight excluding hydrogens is 120 g/mol. The zero-order valence-corrected chi connectivity index (χ0v) is 6.34. The van der Waals surface area contributed by atoms with Crippen molar-refractivity contribution in [3.63, 3.8) is 0 Å².